The lowest BCUT2D eigenvalue weighted by molar-refractivity contribution is 0.209. The molecule has 1 N–H and O–H groups in total. The van der Waals surface area contributed by atoms with E-state index in [-0.39, 0.29) is 10.6 Å². The van der Waals surface area contributed by atoms with Gasteiger partial charge in [0.25, 0.3) is 0 Å². The molecule has 0 saturated carbocycles. The molecular formula is C13H10BrClFNO2. The van der Waals surface area contributed by atoms with Gasteiger partial charge in [-0.05, 0) is 28.1 Å². The van der Waals surface area contributed by atoms with Gasteiger partial charge in [0.05, 0.1) is 18.3 Å². The Labute approximate surface area is 123 Å². The number of benzene rings is 1. The number of aliphatic hydroxyl groups is 1. The highest BCUT2D eigenvalue weighted by molar-refractivity contribution is 9.10. The third kappa shape index (κ3) is 2.73. The third-order valence-electron chi connectivity index (χ3n) is 2.69. The summed E-state index contributed by atoms with van der Waals surface area (Å²) in [6.07, 6.45) is 1.78. The Morgan fingerprint density at radius 3 is 2.79 bits per heavy atom. The van der Waals surface area contributed by atoms with Crippen molar-refractivity contribution in [1.29, 1.82) is 0 Å². The quantitative estimate of drug-likeness (QED) is 0.861. The molecule has 0 radical (unpaired) electrons. The average molecular weight is 347 g/mol. The number of halogens is 3. The molecule has 1 atom stereocenters. The molecule has 100 valence electrons. The van der Waals surface area contributed by atoms with Crippen LogP contribution in [0.25, 0.3) is 0 Å². The largest absolute Gasteiger partial charge is 0.495 e. The van der Waals surface area contributed by atoms with E-state index < -0.39 is 11.9 Å². The third-order valence-corrected chi connectivity index (χ3v) is 3.95. The average Bonchev–Trinajstić information content (AvgIpc) is 2.44. The van der Waals surface area contributed by atoms with Crippen LogP contribution in [0, 0.1) is 5.82 Å². The predicted octanol–water partition coefficient (Wildman–Crippen LogP) is 3.73. The van der Waals surface area contributed by atoms with Crippen LogP contribution in [0.1, 0.15) is 17.2 Å². The Bertz CT molecular complexity index is 609. The van der Waals surface area contributed by atoms with Crippen molar-refractivity contribution in [3.05, 3.63) is 57.0 Å². The zero-order chi connectivity index (χ0) is 14.0. The summed E-state index contributed by atoms with van der Waals surface area (Å²) in [6, 6.07) is 4.62. The van der Waals surface area contributed by atoms with Gasteiger partial charge in [0.2, 0.25) is 0 Å². The molecule has 3 nitrogen and oxygen atoms in total. The molecule has 0 amide bonds. The van der Waals surface area contributed by atoms with E-state index in [2.05, 4.69) is 20.9 Å². The van der Waals surface area contributed by atoms with Gasteiger partial charge in [-0.25, -0.2) is 4.39 Å². The Morgan fingerprint density at radius 1 is 1.37 bits per heavy atom. The van der Waals surface area contributed by atoms with Crippen LogP contribution in [0.3, 0.4) is 0 Å². The first-order valence-corrected chi connectivity index (χ1v) is 6.52. The van der Waals surface area contributed by atoms with Gasteiger partial charge in [-0.2, -0.15) is 0 Å². The summed E-state index contributed by atoms with van der Waals surface area (Å²) in [5, 5.41) is 10.2. The maximum Gasteiger partial charge on any atom is 0.149 e. The zero-order valence-corrected chi connectivity index (χ0v) is 12.2. The van der Waals surface area contributed by atoms with Gasteiger partial charge >= 0.3 is 0 Å². The normalized spacial score (nSPS) is 12.3. The van der Waals surface area contributed by atoms with Crippen molar-refractivity contribution in [2.24, 2.45) is 0 Å². The Kier molecular flexibility index (Phi) is 4.39. The fraction of sp³-hybridized carbons (Fsp3) is 0.154. The topological polar surface area (TPSA) is 42.4 Å². The number of methoxy groups -OCH3 is 1. The lowest BCUT2D eigenvalue weighted by Crippen LogP contribution is -2.05. The molecule has 0 spiro atoms. The minimum atomic E-state index is -1.18. The summed E-state index contributed by atoms with van der Waals surface area (Å²) in [7, 11) is 1.46. The number of nitrogens with zero attached hydrogens (tertiary/aromatic N) is 1. The minimum Gasteiger partial charge on any atom is -0.495 e. The number of hydrogen-bond acceptors (Lipinski definition) is 3. The van der Waals surface area contributed by atoms with Crippen LogP contribution in [0.5, 0.6) is 5.75 Å². The Morgan fingerprint density at radius 2 is 2.11 bits per heavy atom. The van der Waals surface area contributed by atoms with Crippen LogP contribution < -0.4 is 4.74 Å². The van der Waals surface area contributed by atoms with Crippen molar-refractivity contribution in [2.75, 3.05) is 7.11 Å². The highest BCUT2D eigenvalue weighted by atomic mass is 79.9. The second-order valence-corrected chi connectivity index (χ2v) is 5.02. The number of hydrogen-bond donors (Lipinski definition) is 1. The van der Waals surface area contributed by atoms with Gasteiger partial charge in [0.1, 0.15) is 17.7 Å². The smallest absolute Gasteiger partial charge is 0.149 e. The van der Waals surface area contributed by atoms with Gasteiger partial charge in [-0.3, -0.25) is 4.98 Å². The Hall–Kier alpha value is -1.17. The van der Waals surface area contributed by atoms with Crippen LogP contribution in [0.15, 0.2) is 35.1 Å². The first-order valence-electron chi connectivity index (χ1n) is 5.35. The number of aliphatic hydroxyl groups excluding tert-OH is 1. The van der Waals surface area contributed by atoms with Crippen molar-refractivity contribution in [3.63, 3.8) is 0 Å². The molecule has 6 heteroatoms. The number of ether oxygens (including phenoxy) is 1. The SMILES string of the molecule is COc1cnccc1C(O)c1ccc(Br)c(Cl)c1F. The van der Waals surface area contributed by atoms with E-state index in [4.69, 9.17) is 16.3 Å². The summed E-state index contributed by atoms with van der Waals surface area (Å²) >= 11 is 8.94. The highest BCUT2D eigenvalue weighted by Crippen LogP contribution is 2.35. The minimum absolute atomic E-state index is 0.0652. The molecule has 1 unspecified atom stereocenters. The van der Waals surface area contributed by atoms with Crippen LogP contribution >= 0.6 is 27.5 Å². The van der Waals surface area contributed by atoms with Gasteiger partial charge in [0.15, 0.2) is 0 Å². The van der Waals surface area contributed by atoms with Gasteiger partial charge < -0.3 is 9.84 Å². The van der Waals surface area contributed by atoms with Gasteiger partial charge in [-0.1, -0.05) is 17.7 Å². The van der Waals surface area contributed by atoms with Crippen molar-refractivity contribution >= 4 is 27.5 Å². The summed E-state index contributed by atoms with van der Waals surface area (Å²) in [5.41, 5.74) is 0.507. The van der Waals surface area contributed by atoms with Crippen LogP contribution in [0.2, 0.25) is 5.02 Å². The van der Waals surface area contributed by atoms with Gasteiger partial charge in [-0.15, -0.1) is 0 Å². The number of rotatable bonds is 3. The second kappa shape index (κ2) is 5.86. The summed E-state index contributed by atoms with van der Waals surface area (Å²) in [5.74, 6) is -0.282. The summed E-state index contributed by atoms with van der Waals surface area (Å²) < 4.78 is 19.6. The van der Waals surface area contributed by atoms with E-state index in [9.17, 15) is 9.50 Å². The van der Waals surface area contributed by atoms with Crippen LogP contribution in [-0.2, 0) is 0 Å². The van der Waals surface area contributed by atoms with E-state index in [0.29, 0.717) is 15.8 Å². The first kappa shape index (κ1) is 14.2. The van der Waals surface area contributed by atoms with E-state index >= 15 is 0 Å². The van der Waals surface area contributed by atoms with Gasteiger partial charge in [0, 0.05) is 21.8 Å². The monoisotopic (exact) mass is 345 g/mol. The van der Waals surface area contributed by atoms with E-state index in [0.717, 1.165) is 0 Å². The van der Waals surface area contributed by atoms with E-state index in [1.165, 1.54) is 25.6 Å². The van der Waals surface area contributed by atoms with Crippen molar-refractivity contribution in [2.45, 2.75) is 6.10 Å². The summed E-state index contributed by atoms with van der Waals surface area (Å²) in [4.78, 5) is 3.88. The molecule has 0 aliphatic carbocycles. The Balaban J connectivity index is 2.50. The fourth-order valence-corrected chi connectivity index (χ4v) is 2.19. The molecule has 19 heavy (non-hydrogen) atoms. The molecule has 0 aliphatic rings. The lowest BCUT2D eigenvalue weighted by Gasteiger charge is -2.16. The van der Waals surface area contributed by atoms with Crippen molar-refractivity contribution < 1.29 is 14.2 Å². The summed E-state index contributed by atoms with van der Waals surface area (Å²) in [6.45, 7) is 0. The molecule has 0 aliphatic heterocycles. The lowest BCUT2D eigenvalue weighted by atomic mass is 10.0. The van der Waals surface area contributed by atoms with E-state index in [1.807, 2.05) is 0 Å². The molecule has 0 bridgehead atoms. The second-order valence-electron chi connectivity index (χ2n) is 3.78. The maximum atomic E-state index is 14.1. The predicted molar refractivity (Wildman–Crippen MR) is 74.0 cm³/mol. The maximum absolute atomic E-state index is 14.1. The standard InChI is InChI=1S/C13H10BrClFNO2/c1-19-10-6-17-5-4-7(10)13(18)8-2-3-9(14)11(15)12(8)16/h2-6,13,18H,1H3. The van der Waals surface area contributed by atoms with Crippen LogP contribution in [-0.4, -0.2) is 17.2 Å². The highest BCUT2D eigenvalue weighted by Gasteiger charge is 2.21. The molecule has 0 fully saturated rings. The molecule has 1 aromatic carbocycles. The molecule has 0 saturated heterocycles. The molecule has 1 heterocycles. The van der Waals surface area contributed by atoms with E-state index in [1.54, 1.807) is 12.1 Å². The zero-order valence-electron chi connectivity index (χ0n) is 9.90. The molecule has 2 aromatic rings. The molecular weight excluding hydrogens is 337 g/mol. The van der Waals surface area contributed by atoms with Crippen molar-refractivity contribution in [3.8, 4) is 5.75 Å². The molecule has 1 aromatic heterocycles. The van der Waals surface area contributed by atoms with Crippen molar-refractivity contribution in [1.82, 2.24) is 4.98 Å². The fourth-order valence-electron chi connectivity index (χ4n) is 1.71. The molecule has 2 rings (SSSR count). The number of aromatic nitrogens is 1. The van der Waals surface area contributed by atoms with Crippen LogP contribution in [0.4, 0.5) is 4.39 Å². The number of pyridine rings is 1. The first-order chi connectivity index (χ1) is 9.06.